The fraction of sp³-hybridized carbons (Fsp3) is 0.526. The van der Waals surface area contributed by atoms with Gasteiger partial charge >= 0.3 is 0 Å². The lowest BCUT2D eigenvalue weighted by atomic mass is 9.96. The van der Waals surface area contributed by atoms with Gasteiger partial charge in [0.25, 0.3) is 0 Å². The van der Waals surface area contributed by atoms with Crippen LogP contribution in [0.3, 0.4) is 0 Å². The molecule has 1 fully saturated rings. The standard InChI is InChI=1S/C19H25BrN4O2/c1-3-13(2)21-19(25)15-7-5-9-24(11-15)12-17-22-18(23-26-17)14-6-4-8-16(20)10-14/h4,6,8,10,13,15H,3,5,7,9,11-12H2,1-2H3,(H,21,25). The summed E-state index contributed by atoms with van der Waals surface area (Å²) in [6, 6.07) is 8.05. The van der Waals surface area contributed by atoms with Crippen molar-refractivity contribution in [1.82, 2.24) is 20.4 Å². The summed E-state index contributed by atoms with van der Waals surface area (Å²) >= 11 is 3.46. The lowest BCUT2D eigenvalue weighted by Gasteiger charge is -2.31. The maximum atomic E-state index is 12.4. The smallest absolute Gasteiger partial charge is 0.241 e. The first-order valence-corrected chi connectivity index (χ1v) is 9.95. The molecule has 2 unspecified atom stereocenters. The summed E-state index contributed by atoms with van der Waals surface area (Å²) in [5.41, 5.74) is 0.916. The van der Waals surface area contributed by atoms with E-state index in [-0.39, 0.29) is 17.9 Å². The molecule has 1 aromatic carbocycles. The summed E-state index contributed by atoms with van der Waals surface area (Å²) < 4.78 is 6.40. The number of carbonyl (C=O) groups is 1. The van der Waals surface area contributed by atoms with Gasteiger partial charge in [0.15, 0.2) is 0 Å². The van der Waals surface area contributed by atoms with Gasteiger partial charge in [-0.2, -0.15) is 4.98 Å². The molecule has 7 heteroatoms. The number of rotatable bonds is 6. The van der Waals surface area contributed by atoms with E-state index in [4.69, 9.17) is 4.52 Å². The van der Waals surface area contributed by atoms with E-state index in [1.54, 1.807) is 0 Å². The van der Waals surface area contributed by atoms with Crippen molar-refractivity contribution in [1.29, 1.82) is 0 Å². The number of nitrogens with zero attached hydrogens (tertiary/aromatic N) is 3. The fourth-order valence-corrected chi connectivity index (χ4v) is 3.53. The van der Waals surface area contributed by atoms with Crippen molar-refractivity contribution in [2.75, 3.05) is 13.1 Å². The number of amides is 1. The second-order valence-corrected chi connectivity index (χ2v) is 7.83. The molecule has 140 valence electrons. The SMILES string of the molecule is CCC(C)NC(=O)C1CCCN(Cc2nc(-c3cccc(Br)c3)no2)C1. The molecule has 1 aliphatic heterocycles. The lowest BCUT2D eigenvalue weighted by molar-refractivity contribution is -0.127. The van der Waals surface area contributed by atoms with Gasteiger partial charge in [0.1, 0.15) is 0 Å². The molecule has 0 saturated carbocycles. The van der Waals surface area contributed by atoms with Gasteiger partial charge in [-0.1, -0.05) is 40.1 Å². The number of benzene rings is 1. The van der Waals surface area contributed by atoms with Gasteiger partial charge in [0.2, 0.25) is 17.6 Å². The monoisotopic (exact) mass is 420 g/mol. The van der Waals surface area contributed by atoms with Crippen LogP contribution >= 0.6 is 15.9 Å². The Morgan fingerprint density at radius 2 is 2.35 bits per heavy atom. The molecule has 0 radical (unpaired) electrons. The van der Waals surface area contributed by atoms with Gasteiger partial charge in [-0.3, -0.25) is 9.69 Å². The number of nitrogens with one attached hydrogen (secondary N) is 1. The van der Waals surface area contributed by atoms with E-state index in [1.807, 2.05) is 31.2 Å². The molecule has 6 nitrogen and oxygen atoms in total. The van der Waals surface area contributed by atoms with E-state index in [1.165, 1.54) is 0 Å². The third-order valence-corrected chi connectivity index (χ3v) is 5.28. The summed E-state index contributed by atoms with van der Waals surface area (Å²) in [5.74, 6) is 1.36. The first kappa shape index (κ1) is 19.0. The van der Waals surface area contributed by atoms with Crippen molar-refractivity contribution in [2.45, 2.75) is 45.7 Å². The zero-order valence-corrected chi connectivity index (χ0v) is 16.8. The first-order chi connectivity index (χ1) is 12.5. The van der Waals surface area contributed by atoms with Crippen LogP contribution in [0, 0.1) is 5.92 Å². The molecule has 2 heterocycles. The Labute approximate surface area is 162 Å². The van der Waals surface area contributed by atoms with Gasteiger partial charge < -0.3 is 9.84 Å². The molecule has 0 aliphatic carbocycles. The van der Waals surface area contributed by atoms with E-state index in [2.05, 4.69) is 43.2 Å². The van der Waals surface area contributed by atoms with Crippen LogP contribution in [0.2, 0.25) is 0 Å². The minimum atomic E-state index is 0.0326. The van der Waals surface area contributed by atoms with E-state index in [0.717, 1.165) is 42.4 Å². The van der Waals surface area contributed by atoms with Crippen LogP contribution in [0.5, 0.6) is 0 Å². The molecule has 2 aromatic rings. The minimum Gasteiger partial charge on any atom is -0.353 e. The zero-order valence-electron chi connectivity index (χ0n) is 15.2. The second-order valence-electron chi connectivity index (χ2n) is 6.91. The third-order valence-electron chi connectivity index (χ3n) is 4.79. The summed E-state index contributed by atoms with van der Waals surface area (Å²) in [7, 11) is 0. The summed E-state index contributed by atoms with van der Waals surface area (Å²) in [6.45, 7) is 6.38. The molecule has 1 aliphatic rings. The minimum absolute atomic E-state index is 0.0326. The quantitative estimate of drug-likeness (QED) is 0.772. The Kier molecular flexibility index (Phi) is 6.43. The van der Waals surface area contributed by atoms with Crippen LogP contribution in [0.15, 0.2) is 33.3 Å². The Morgan fingerprint density at radius 1 is 1.50 bits per heavy atom. The van der Waals surface area contributed by atoms with Crippen LogP contribution < -0.4 is 5.32 Å². The summed E-state index contributed by atoms with van der Waals surface area (Å²) in [5, 5.41) is 7.18. The van der Waals surface area contributed by atoms with Gasteiger partial charge in [-0.25, -0.2) is 0 Å². The Hall–Kier alpha value is -1.73. The van der Waals surface area contributed by atoms with E-state index in [0.29, 0.717) is 18.3 Å². The van der Waals surface area contributed by atoms with Crippen LogP contribution in [0.4, 0.5) is 0 Å². The molecule has 1 aromatic heterocycles. The molecule has 1 amide bonds. The number of piperidine rings is 1. The number of hydrogen-bond acceptors (Lipinski definition) is 5. The fourth-order valence-electron chi connectivity index (χ4n) is 3.13. The molecule has 3 rings (SSSR count). The highest BCUT2D eigenvalue weighted by Crippen LogP contribution is 2.22. The van der Waals surface area contributed by atoms with Crippen molar-refractivity contribution in [2.24, 2.45) is 5.92 Å². The Balaban J connectivity index is 1.60. The average Bonchev–Trinajstić information content (AvgIpc) is 3.10. The van der Waals surface area contributed by atoms with Crippen LogP contribution in [-0.2, 0) is 11.3 Å². The number of carbonyl (C=O) groups excluding carboxylic acids is 1. The van der Waals surface area contributed by atoms with Crippen molar-refractivity contribution >= 4 is 21.8 Å². The normalized spacial score (nSPS) is 19.3. The van der Waals surface area contributed by atoms with Crippen LogP contribution in [0.25, 0.3) is 11.4 Å². The van der Waals surface area contributed by atoms with Gasteiger partial charge in [0.05, 0.1) is 12.5 Å². The molecule has 0 bridgehead atoms. The maximum absolute atomic E-state index is 12.4. The predicted molar refractivity (Wildman–Crippen MR) is 103 cm³/mol. The number of likely N-dealkylation sites (tertiary alicyclic amines) is 1. The molecule has 1 N–H and O–H groups in total. The molecule has 2 atom stereocenters. The lowest BCUT2D eigenvalue weighted by Crippen LogP contribution is -2.44. The largest absolute Gasteiger partial charge is 0.353 e. The van der Waals surface area contributed by atoms with Gasteiger partial charge in [0, 0.05) is 22.6 Å². The number of hydrogen-bond donors (Lipinski definition) is 1. The van der Waals surface area contributed by atoms with Gasteiger partial charge in [-0.05, 0) is 44.9 Å². The van der Waals surface area contributed by atoms with Crippen LogP contribution in [-0.4, -0.2) is 40.1 Å². The first-order valence-electron chi connectivity index (χ1n) is 9.16. The zero-order chi connectivity index (χ0) is 18.5. The van der Waals surface area contributed by atoms with Crippen molar-refractivity contribution in [3.05, 3.63) is 34.6 Å². The molecular weight excluding hydrogens is 396 g/mol. The molecule has 0 spiro atoms. The second kappa shape index (κ2) is 8.77. The summed E-state index contributed by atoms with van der Waals surface area (Å²) in [4.78, 5) is 19.1. The Morgan fingerprint density at radius 3 is 3.12 bits per heavy atom. The van der Waals surface area contributed by atoms with Crippen molar-refractivity contribution in [3.8, 4) is 11.4 Å². The topological polar surface area (TPSA) is 71.3 Å². The maximum Gasteiger partial charge on any atom is 0.241 e. The third kappa shape index (κ3) is 4.92. The number of halogens is 1. The summed E-state index contributed by atoms with van der Waals surface area (Å²) in [6.07, 6.45) is 2.89. The molecule has 1 saturated heterocycles. The van der Waals surface area contributed by atoms with Crippen molar-refractivity contribution < 1.29 is 9.32 Å². The van der Waals surface area contributed by atoms with E-state index >= 15 is 0 Å². The van der Waals surface area contributed by atoms with E-state index < -0.39 is 0 Å². The van der Waals surface area contributed by atoms with Gasteiger partial charge in [-0.15, -0.1) is 0 Å². The highest BCUT2D eigenvalue weighted by atomic mass is 79.9. The predicted octanol–water partition coefficient (Wildman–Crippen LogP) is 3.63. The average molecular weight is 421 g/mol. The van der Waals surface area contributed by atoms with Crippen LogP contribution in [0.1, 0.15) is 39.0 Å². The van der Waals surface area contributed by atoms with Crippen molar-refractivity contribution in [3.63, 3.8) is 0 Å². The number of aromatic nitrogens is 2. The Bertz CT molecular complexity index is 749. The highest BCUT2D eigenvalue weighted by molar-refractivity contribution is 9.10. The highest BCUT2D eigenvalue weighted by Gasteiger charge is 2.27. The molecule has 26 heavy (non-hydrogen) atoms. The molecular formula is C19H25BrN4O2. The van der Waals surface area contributed by atoms with E-state index in [9.17, 15) is 4.79 Å².